The first-order valence-corrected chi connectivity index (χ1v) is 5.58. The van der Waals surface area contributed by atoms with Crippen LogP contribution in [-0.2, 0) is 4.79 Å². The molecule has 2 rings (SSSR count). The average Bonchev–Trinajstić information content (AvgIpc) is 2.57. The molecule has 17 heavy (non-hydrogen) atoms. The summed E-state index contributed by atoms with van der Waals surface area (Å²) in [4.78, 5) is 13.7. The predicted molar refractivity (Wildman–Crippen MR) is 62.3 cm³/mol. The average molecular weight is 238 g/mol. The number of fused-ring (bicyclic) bond motifs is 1. The van der Waals surface area contributed by atoms with Crippen molar-refractivity contribution in [3.05, 3.63) is 29.6 Å². The van der Waals surface area contributed by atoms with Crippen molar-refractivity contribution in [2.24, 2.45) is 0 Å². The number of likely N-dealkylation sites (N-methyl/N-ethyl adjacent to an activating group) is 1. The van der Waals surface area contributed by atoms with Gasteiger partial charge in [0.15, 0.2) is 0 Å². The van der Waals surface area contributed by atoms with Gasteiger partial charge in [-0.3, -0.25) is 4.79 Å². The molecule has 2 N–H and O–H groups in total. The molecule has 1 aliphatic rings. The number of carbonyl (C=O) groups is 1. The van der Waals surface area contributed by atoms with E-state index in [0.717, 1.165) is 5.69 Å². The van der Waals surface area contributed by atoms with Crippen LogP contribution in [0.5, 0.6) is 0 Å². The Bertz CT molecular complexity index is 437. The van der Waals surface area contributed by atoms with Gasteiger partial charge in [0.25, 0.3) is 0 Å². The van der Waals surface area contributed by atoms with Crippen LogP contribution in [-0.4, -0.2) is 31.2 Å². The van der Waals surface area contributed by atoms with Crippen LogP contribution in [0.15, 0.2) is 18.2 Å². The van der Waals surface area contributed by atoms with Crippen LogP contribution in [0.4, 0.5) is 10.1 Å². The lowest BCUT2D eigenvalue weighted by atomic mass is 10.1. The minimum atomic E-state index is -0.487. The van der Waals surface area contributed by atoms with Gasteiger partial charge in [-0.05, 0) is 31.7 Å². The Morgan fingerprint density at radius 1 is 1.53 bits per heavy atom. The fourth-order valence-corrected chi connectivity index (χ4v) is 2.15. The molecule has 1 unspecified atom stereocenters. The van der Waals surface area contributed by atoms with Crippen molar-refractivity contribution < 1.29 is 14.3 Å². The van der Waals surface area contributed by atoms with Crippen molar-refractivity contribution in [2.75, 3.05) is 25.1 Å². The highest BCUT2D eigenvalue weighted by molar-refractivity contribution is 6.04. The summed E-state index contributed by atoms with van der Waals surface area (Å²) in [5.74, 6) is -0.442. The third-order valence-electron chi connectivity index (χ3n) is 2.93. The fourth-order valence-electron chi connectivity index (χ4n) is 2.15. The smallest absolute Gasteiger partial charge is 0.248 e. The molecule has 0 bridgehead atoms. The Morgan fingerprint density at radius 3 is 2.94 bits per heavy atom. The lowest BCUT2D eigenvalue weighted by molar-refractivity contribution is -0.119. The van der Waals surface area contributed by atoms with Crippen molar-refractivity contribution in [1.29, 1.82) is 0 Å². The van der Waals surface area contributed by atoms with Gasteiger partial charge < -0.3 is 15.3 Å². The summed E-state index contributed by atoms with van der Waals surface area (Å²) in [6.45, 7) is 0.483. The van der Waals surface area contributed by atoms with E-state index in [1.54, 1.807) is 18.0 Å². The highest BCUT2D eigenvalue weighted by Crippen LogP contribution is 2.36. The molecular formula is C12H15FN2O2. The second kappa shape index (κ2) is 4.81. The molecule has 0 radical (unpaired) electrons. The Labute approximate surface area is 99.0 Å². The molecule has 1 aromatic carbocycles. The van der Waals surface area contributed by atoms with E-state index in [2.05, 4.69) is 5.32 Å². The Hall–Kier alpha value is -1.46. The zero-order valence-electron chi connectivity index (χ0n) is 9.61. The zero-order chi connectivity index (χ0) is 12.4. The van der Waals surface area contributed by atoms with E-state index < -0.39 is 6.04 Å². The number of halogens is 1. The molecule has 0 aliphatic carbocycles. The van der Waals surface area contributed by atoms with Crippen LogP contribution in [0.1, 0.15) is 18.0 Å². The number of nitrogens with zero attached hydrogens (tertiary/aromatic N) is 1. The first kappa shape index (κ1) is 12.0. The molecule has 1 aromatic rings. The van der Waals surface area contributed by atoms with E-state index in [0.29, 0.717) is 18.5 Å². The third kappa shape index (κ3) is 2.03. The van der Waals surface area contributed by atoms with Crippen molar-refractivity contribution >= 4 is 11.6 Å². The van der Waals surface area contributed by atoms with Crippen LogP contribution >= 0.6 is 0 Å². The second-order valence-electron chi connectivity index (χ2n) is 3.99. The van der Waals surface area contributed by atoms with Crippen LogP contribution in [0.3, 0.4) is 0 Å². The molecule has 0 fully saturated rings. The minimum absolute atomic E-state index is 0.0323. The fraction of sp³-hybridized carbons (Fsp3) is 0.417. The van der Waals surface area contributed by atoms with Crippen molar-refractivity contribution in [2.45, 2.75) is 12.5 Å². The topological polar surface area (TPSA) is 52.6 Å². The number of benzene rings is 1. The second-order valence-corrected chi connectivity index (χ2v) is 3.99. The number of hydrogen-bond acceptors (Lipinski definition) is 3. The number of aliphatic hydroxyl groups is 1. The van der Waals surface area contributed by atoms with Gasteiger partial charge in [-0.2, -0.15) is 0 Å². The first-order chi connectivity index (χ1) is 8.19. The minimum Gasteiger partial charge on any atom is -0.396 e. The summed E-state index contributed by atoms with van der Waals surface area (Å²) < 4.78 is 13.2. The van der Waals surface area contributed by atoms with Gasteiger partial charge in [0.1, 0.15) is 11.9 Å². The zero-order valence-corrected chi connectivity index (χ0v) is 9.61. The van der Waals surface area contributed by atoms with Gasteiger partial charge in [-0.25, -0.2) is 4.39 Å². The maximum atomic E-state index is 13.2. The molecule has 0 saturated carbocycles. The van der Waals surface area contributed by atoms with E-state index in [1.165, 1.54) is 12.1 Å². The van der Waals surface area contributed by atoms with Crippen LogP contribution in [0.2, 0.25) is 0 Å². The molecule has 0 aromatic heterocycles. The number of aliphatic hydroxyl groups excluding tert-OH is 1. The molecule has 1 aliphatic heterocycles. The maximum absolute atomic E-state index is 13.2. The highest BCUT2D eigenvalue weighted by Gasteiger charge is 2.35. The van der Waals surface area contributed by atoms with E-state index in [9.17, 15) is 9.18 Å². The monoisotopic (exact) mass is 238 g/mol. The number of hydrogen-bond donors (Lipinski definition) is 2. The standard InChI is InChI=1S/C12H15FN2O2/c1-14-11-9-7-8(13)3-4-10(9)15(12(11)17)5-2-6-16/h3-4,7,11,14,16H,2,5-6H2,1H3. The van der Waals surface area contributed by atoms with E-state index >= 15 is 0 Å². The number of carbonyl (C=O) groups excluding carboxylic acids is 1. The Balaban J connectivity index is 2.36. The molecule has 0 saturated heterocycles. The lowest BCUT2D eigenvalue weighted by Gasteiger charge is -2.17. The van der Waals surface area contributed by atoms with E-state index in [-0.39, 0.29) is 18.3 Å². The highest BCUT2D eigenvalue weighted by atomic mass is 19.1. The summed E-state index contributed by atoms with van der Waals surface area (Å²) in [5.41, 5.74) is 1.39. The summed E-state index contributed by atoms with van der Waals surface area (Å²) in [5, 5.41) is 11.7. The third-order valence-corrected chi connectivity index (χ3v) is 2.93. The van der Waals surface area contributed by atoms with Crippen LogP contribution in [0.25, 0.3) is 0 Å². The quantitative estimate of drug-likeness (QED) is 0.816. The van der Waals surface area contributed by atoms with Crippen LogP contribution < -0.4 is 10.2 Å². The van der Waals surface area contributed by atoms with Gasteiger partial charge in [-0.1, -0.05) is 0 Å². The van der Waals surface area contributed by atoms with Gasteiger partial charge in [0, 0.05) is 24.4 Å². The summed E-state index contributed by atoms with van der Waals surface area (Å²) in [6, 6.07) is 3.85. The molecule has 5 heteroatoms. The number of nitrogens with one attached hydrogen (secondary N) is 1. The van der Waals surface area contributed by atoms with Crippen LogP contribution in [0, 0.1) is 5.82 Å². The Kier molecular flexibility index (Phi) is 3.40. The molecule has 1 heterocycles. The molecule has 1 amide bonds. The molecule has 4 nitrogen and oxygen atoms in total. The molecule has 1 atom stereocenters. The molecular weight excluding hydrogens is 223 g/mol. The summed E-state index contributed by atoms with van der Waals surface area (Å²) in [7, 11) is 1.67. The summed E-state index contributed by atoms with van der Waals surface area (Å²) in [6.07, 6.45) is 0.513. The van der Waals surface area contributed by atoms with Gasteiger partial charge in [0.05, 0.1) is 0 Å². The number of anilines is 1. The normalized spacial score (nSPS) is 18.6. The number of rotatable bonds is 4. The molecule has 92 valence electrons. The molecule has 0 spiro atoms. The van der Waals surface area contributed by atoms with E-state index in [4.69, 9.17) is 5.11 Å². The lowest BCUT2D eigenvalue weighted by Crippen LogP contribution is -2.34. The van der Waals surface area contributed by atoms with Gasteiger partial charge in [-0.15, -0.1) is 0 Å². The Morgan fingerprint density at radius 2 is 2.29 bits per heavy atom. The van der Waals surface area contributed by atoms with Crippen molar-refractivity contribution in [3.8, 4) is 0 Å². The largest absolute Gasteiger partial charge is 0.396 e. The SMILES string of the molecule is CNC1C(=O)N(CCCO)c2ccc(F)cc21. The summed E-state index contributed by atoms with van der Waals surface area (Å²) >= 11 is 0. The van der Waals surface area contributed by atoms with Crippen molar-refractivity contribution in [1.82, 2.24) is 5.32 Å². The predicted octanol–water partition coefficient (Wildman–Crippen LogP) is 0.815. The van der Waals surface area contributed by atoms with Crippen molar-refractivity contribution in [3.63, 3.8) is 0 Å². The first-order valence-electron chi connectivity index (χ1n) is 5.58. The van der Waals surface area contributed by atoms with Gasteiger partial charge >= 0.3 is 0 Å². The number of amides is 1. The van der Waals surface area contributed by atoms with E-state index in [1.807, 2.05) is 0 Å². The maximum Gasteiger partial charge on any atom is 0.248 e. The van der Waals surface area contributed by atoms with Gasteiger partial charge in [0.2, 0.25) is 5.91 Å².